The van der Waals surface area contributed by atoms with Crippen LogP contribution in [0.4, 0.5) is 0 Å². The Morgan fingerprint density at radius 1 is 0.482 bits per heavy atom. The number of aromatic nitrogens is 3. The van der Waals surface area contributed by atoms with Crippen LogP contribution in [0.3, 0.4) is 0 Å². The Bertz CT molecular complexity index is 2550. The molecule has 3 aromatic heterocycles. The number of rotatable bonds is 5. The number of nitrogens with zero attached hydrogens (tertiary/aromatic N) is 2. The summed E-state index contributed by atoms with van der Waals surface area (Å²) in [6.45, 7) is 32.5. The van der Waals surface area contributed by atoms with Gasteiger partial charge in [0, 0.05) is 38.9 Å². The molecule has 0 saturated heterocycles. The lowest BCUT2D eigenvalue weighted by molar-refractivity contribution is 0.569. The van der Waals surface area contributed by atoms with Crippen LogP contribution >= 0.6 is 0 Å². The van der Waals surface area contributed by atoms with Crippen LogP contribution in [-0.2, 0) is 21.7 Å². The van der Waals surface area contributed by atoms with Crippen LogP contribution in [0.2, 0.25) is 13.1 Å². The van der Waals surface area contributed by atoms with Gasteiger partial charge in [0.1, 0.15) is 8.07 Å². The van der Waals surface area contributed by atoms with Gasteiger partial charge in [-0.2, -0.15) is 0 Å². The first kappa shape index (κ1) is 39.4. The highest BCUT2D eigenvalue weighted by molar-refractivity contribution is 7.00. The van der Waals surface area contributed by atoms with Gasteiger partial charge in [-0.1, -0.05) is 156 Å². The number of hydrogen-bond donors (Lipinski definition) is 1. The topological polar surface area (TPSA) is 41.6 Å². The van der Waals surface area contributed by atoms with Gasteiger partial charge >= 0.3 is 0 Å². The van der Waals surface area contributed by atoms with Crippen molar-refractivity contribution in [1.82, 2.24) is 15.0 Å². The van der Waals surface area contributed by atoms with Gasteiger partial charge in [0.15, 0.2) is 0 Å². The zero-order chi connectivity index (χ0) is 40.6. The molecule has 4 heteroatoms. The molecule has 0 aliphatic rings. The molecular weight excluding hydrogens is 695 g/mol. The molecule has 7 aromatic rings. The lowest BCUT2D eigenvalue weighted by Crippen LogP contribution is -2.54. The molecule has 0 spiro atoms. The Hall–Kier alpha value is -4.80. The summed E-state index contributed by atoms with van der Waals surface area (Å²) in [4.78, 5) is 14.3. The number of hydrogen-bond acceptors (Lipinski definition) is 2. The first-order valence-corrected chi connectivity index (χ1v) is 23.3. The molecule has 3 nitrogen and oxygen atoms in total. The fourth-order valence-electron chi connectivity index (χ4n) is 7.69. The summed E-state index contributed by atoms with van der Waals surface area (Å²) < 4.78 is 0. The second-order valence-corrected chi connectivity index (χ2v) is 25.0. The summed E-state index contributed by atoms with van der Waals surface area (Å²) in [5.74, 6) is 0. The van der Waals surface area contributed by atoms with E-state index >= 15 is 0 Å². The summed E-state index contributed by atoms with van der Waals surface area (Å²) in [7, 11) is -2.08. The number of pyridine rings is 2. The molecular formula is C52H61N3Si. The minimum absolute atomic E-state index is 0.00577. The average Bonchev–Trinajstić information content (AvgIpc) is 3.51. The first-order valence-electron chi connectivity index (χ1n) is 20.3. The minimum Gasteiger partial charge on any atom is -0.354 e. The third kappa shape index (κ3) is 7.65. The molecule has 0 saturated carbocycles. The highest BCUT2D eigenvalue weighted by Gasteiger charge is 2.29. The van der Waals surface area contributed by atoms with E-state index in [0.717, 1.165) is 33.5 Å². The molecule has 3 heterocycles. The van der Waals surface area contributed by atoms with Crippen molar-refractivity contribution in [2.24, 2.45) is 0 Å². The normalized spacial score (nSPS) is 13.2. The second-order valence-electron chi connectivity index (χ2n) is 20.7. The van der Waals surface area contributed by atoms with E-state index in [9.17, 15) is 0 Å². The predicted molar refractivity (Wildman–Crippen MR) is 246 cm³/mol. The molecule has 0 atom stereocenters. The fourth-order valence-corrected chi connectivity index (χ4v) is 9.93. The van der Waals surface area contributed by atoms with Crippen LogP contribution in [0.25, 0.3) is 55.4 Å². The molecule has 0 radical (unpaired) electrons. The van der Waals surface area contributed by atoms with Crippen LogP contribution in [0.1, 0.15) is 105 Å². The second kappa shape index (κ2) is 13.7. The highest BCUT2D eigenvalue weighted by atomic mass is 28.3. The molecule has 288 valence electrons. The fraction of sp³-hybridized carbons (Fsp3) is 0.346. The summed E-state index contributed by atoms with van der Waals surface area (Å²) in [6, 6.07) is 39.0. The predicted octanol–water partition coefficient (Wildman–Crippen LogP) is 13.1. The maximum Gasteiger partial charge on any atom is 0.135 e. The van der Waals surface area contributed by atoms with Crippen LogP contribution < -0.4 is 10.5 Å². The van der Waals surface area contributed by atoms with Crippen molar-refractivity contribution >= 4 is 40.4 Å². The number of H-pyrrole nitrogens is 1. The van der Waals surface area contributed by atoms with Crippen molar-refractivity contribution in [3.05, 3.63) is 132 Å². The van der Waals surface area contributed by atoms with Gasteiger partial charge < -0.3 is 4.98 Å². The Morgan fingerprint density at radius 3 is 1.68 bits per heavy atom. The third-order valence-corrected chi connectivity index (χ3v) is 15.1. The summed E-state index contributed by atoms with van der Waals surface area (Å²) in [5.41, 5.74) is 14.2. The van der Waals surface area contributed by atoms with E-state index in [4.69, 9.17) is 9.97 Å². The van der Waals surface area contributed by atoms with Crippen molar-refractivity contribution in [2.45, 2.75) is 118 Å². The molecule has 0 amide bonds. The number of benzene rings is 4. The van der Waals surface area contributed by atoms with E-state index in [1.165, 1.54) is 54.7 Å². The number of aromatic amines is 1. The molecule has 1 N–H and O–H groups in total. The smallest absolute Gasteiger partial charge is 0.135 e. The molecule has 0 aliphatic carbocycles. The zero-order valence-corrected chi connectivity index (χ0v) is 37.3. The zero-order valence-electron chi connectivity index (χ0n) is 36.3. The van der Waals surface area contributed by atoms with Crippen molar-refractivity contribution < 1.29 is 0 Å². The van der Waals surface area contributed by atoms with Gasteiger partial charge in [-0.05, 0) is 104 Å². The lowest BCUT2D eigenvalue weighted by Gasteiger charge is -2.26. The van der Waals surface area contributed by atoms with Crippen LogP contribution in [-0.4, -0.2) is 23.0 Å². The van der Waals surface area contributed by atoms with Gasteiger partial charge in [0.25, 0.3) is 0 Å². The van der Waals surface area contributed by atoms with Gasteiger partial charge in [0.05, 0.1) is 16.9 Å². The van der Waals surface area contributed by atoms with Crippen LogP contribution in [0.15, 0.2) is 109 Å². The van der Waals surface area contributed by atoms with E-state index in [-0.39, 0.29) is 21.7 Å². The van der Waals surface area contributed by atoms with Crippen molar-refractivity contribution in [3.63, 3.8) is 0 Å². The largest absolute Gasteiger partial charge is 0.354 e. The number of fused-ring (bicyclic) bond motifs is 3. The summed E-state index contributed by atoms with van der Waals surface area (Å²) >= 11 is 0. The molecule has 0 aliphatic heterocycles. The van der Waals surface area contributed by atoms with E-state index < -0.39 is 8.07 Å². The number of nitrogens with one attached hydrogen (secondary N) is 1. The molecule has 0 bridgehead atoms. The SMILES string of the molecule is CC(C)(C)c1cc(-c2cc(-c3cccc([Si](C)(C)c4ccccn4)c3)nc(-c3cc(C(C)(C)C)cc4c3[nH]c3ccc(C(C)(C)C)cc34)c2)cc(C(C)(C)C)c1. The van der Waals surface area contributed by atoms with Crippen molar-refractivity contribution in [3.8, 4) is 33.6 Å². The first-order chi connectivity index (χ1) is 26.0. The van der Waals surface area contributed by atoms with Gasteiger partial charge in [-0.3, -0.25) is 4.98 Å². The van der Waals surface area contributed by atoms with Crippen molar-refractivity contribution in [1.29, 1.82) is 0 Å². The summed E-state index contributed by atoms with van der Waals surface area (Å²) in [6.07, 6.45) is 1.92. The Kier molecular flexibility index (Phi) is 9.64. The lowest BCUT2D eigenvalue weighted by atomic mass is 9.79. The molecule has 0 unspecified atom stereocenters. The van der Waals surface area contributed by atoms with Crippen LogP contribution in [0.5, 0.6) is 0 Å². The van der Waals surface area contributed by atoms with Crippen LogP contribution in [0, 0.1) is 0 Å². The highest BCUT2D eigenvalue weighted by Crippen LogP contribution is 2.41. The van der Waals surface area contributed by atoms with E-state index in [0.29, 0.717) is 0 Å². The monoisotopic (exact) mass is 755 g/mol. The van der Waals surface area contributed by atoms with Crippen molar-refractivity contribution in [2.75, 3.05) is 0 Å². The summed E-state index contributed by atoms with van der Waals surface area (Å²) in [5, 5.41) is 5.04. The standard InChI is InChI=1S/C52H61N3Si/c1-49(2,3)36-21-22-44-41(30-36)42-31-39(52(10,11)12)32-43(48(42)55-44)46-28-35(34-24-37(50(4,5)6)29-38(25-34)51(7,8)9)27-45(54-46)33-18-17-19-40(26-33)56(13,14)47-20-15-16-23-53-47/h15-32,55H,1-14H3. The maximum atomic E-state index is 5.62. The van der Waals surface area contributed by atoms with E-state index in [1.54, 1.807) is 0 Å². The quantitative estimate of drug-likeness (QED) is 0.178. The Morgan fingerprint density at radius 2 is 1.07 bits per heavy atom. The van der Waals surface area contributed by atoms with Gasteiger partial charge in [-0.15, -0.1) is 0 Å². The molecule has 4 aromatic carbocycles. The molecule has 56 heavy (non-hydrogen) atoms. The Balaban J connectivity index is 1.54. The molecule has 0 fully saturated rings. The minimum atomic E-state index is -2.08. The van der Waals surface area contributed by atoms with E-state index in [1.807, 2.05) is 12.3 Å². The Labute approximate surface area is 337 Å². The third-order valence-electron chi connectivity index (χ3n) is 11.7. The maximum absolute atomic E-state index is 5.62. The van der Waals surface area contributed by atoms with E-state index in [2.05, 4.69) is 198 Å². The van der Waals surface area contributed by atoms with Gasteiger partial charge in [0.2, 0.25) is 0 Å². The average molecular weight is 756 g/mol. The van der Waals surface area contributed by atoms with Gasteiger partial charge in [-0.25, -0.2) is 4.98 Å². The molecule has 7 rings (SSSR count).